The van der Waals surface area contributed by atoms with E-state index in [1.54, 1.807) is 0 Å². The van der Waals surface area contributed by atoms with Crippen LogP contribution in [0.15, 0.2) is 16.7 Å². The highest BCUT2D eigenvalue weighted by atomic mass is 32.2. The van der Waals surface area contributed by atoms with Crippen LogP contribution in [0, 0.1) is 0 Å². The highest BCUT2D eigenvalue weighted by Gasteiger charge is 2.23. The molecule has 2 rings (SSSR count). The molecule has 0 amide bonds. The Morgan fingerprint density at radius 1 is 1.41 bits per heavy atom. The van der Waals surface area contributed by atoms with Crippen molar-refractivity contribution in [1.82, 2.24) is 0 Å². The van der Waals surface area contributed by atoms with Crippen molar-refractivity contribution < 1.29 is 18.5 Å². The maximum atomic E-state index is 12.1. The molecule has 0 radical (unpaired) electrons. The molecule has 0 bridgehead atoms. The van der Waals surface area contributed by atoms with E-state index in [-0.39, 0.29) is 16.6 Å². The van der Waals surface area contributed by atoms with Gasteiger partial charge in [-0.1, -0.05) is 19.3 Å². The molecule has 1 aromatic heterocycles. The van der Waals surface area contributed by atoms with Crippen molar-refractivity contribution in [2.75, 3.05) is 0 Å². The van der Waals surface area contributed by atoms with E-state index in [4.69, 9.17) is 9.52 Å². The van der Waals surface area contributed by atoms with Crippen LogP contribution in [0.4, 0.5) is 0 Å². The molecule has 0 aromatic carbocycles. The van der Waals surface area contributed by atoms with Crippen molar-refractivity contribution in [2.45, 2.75) is 43.1 Å². The first-order chi connectivity index (χ1) is 8.18. The molecule has 1 N–H and O–H groups in total. The van der Waals surface area contributed by atoms with E-state index in [9.17, 15) is 9.00 Å². The van der Waals surface area contributed by atoms with Crippen molar-refractivity contribution in [3.63, 3.8) is 0 Å². The summed E-state index contributed by atoms with van der Waals surface area (Å²) in [5.41, 5.74) is 0.133. The summed E-state index contributed by atoms with van der Waals surface area (Å²) < 4.78 is 17.2. The number of carbonyl (C=O) groups is 1. The van der Waals surface area contributed by atoms with Gasteiger partial charge in [-0.05, 0) is 18.9 Å². The van der Waals surface area contributed by atoms with E-state index >= 15 is 0 Å². The molecule has 0 aliphatic heterocycles. The second kappa shape index (κ2) is 5.49. The van der Waals surface area contributed by atoms with Gasteiger partial charge < -0.3 is 9.52 Å². The van der Waals surface area contributed by atoms with Gasteiger partial charge in [0.2, 0.25) is 0 Å². The summed E-state index contributed by atoms with van der Waals surface area (Å²) in [5.74, 6) is -0.463. The van der Waals surface area contributed by atoms with Crippen LogP contribution in [0.3, 0.4) is 0 Å². The molecule has 1 heterocycles. The molecule has 1 aliphatic rings. The van der Waals surface area contributed by atoms with Gasteiger partial charge in [0.15, 0.2) is 0 Å². The summed E-state index contributed by atoms with van der Waals surface area (Å²) in [7, 11) is -1.02. The SMILES string of the molecule is O=C(O)c1ccoc1CS(=O)C1CCCCC1. The molecule has 1 aliphatic carbocycles. The number of rotatable bonds is 4. The van der Waals surface area contributed by atoms with Gasteiger partial charge in [0.1, 0.15) is 11.3 Å². The lowest BCUT2D eigenvalue weighted by Crippen LogP contribution is -2.20. The molecule has 0 saturated heterocycles. The third-order valence-electron chi connectivity index (χ3n) is 3.17. The Morgan fingerprint density at radius 2 is 2.12 bits per heavy atom. The predicted octanol–water partition coefficient (Wildman–Crippen LogP) is 2.56. The smallest absolute Gasteiger partial charge is 0.339 e. The quantitative estimate of drug-likeness (QED) is 0.899. The minimum Gasteiger partial charge on any atom is -0.478 e. The predicted molar refractivity (Wildman–Crippen MR) is 64.4 cm³/mol. The van der Waals surface area contributed by atoms with Crippen molar-refractivity contribution in [2.24, 2.45) is 0 Å². The third-order valence-corrected chi connectivity index (χ3v) is 4.93. The standard InChI is InChI=1S/C12H16O4S/c13-12(14)10-6-7-16-11(10)8-17(15)9-4-2-1-3-5-9/h6-7,9H,1-5,8H2,(H,13,14). The molecule has 4 nitrogen and oxygen atoms in total. The zero-order chi connectivity index (χ0) is 12.3. The average Bonchev–Trinajstić information content (AvgIpc) is 2.78. The van der Waals surface area contributed by atoms with Crippen LogP contribution in [0.25, 0.3) is 0 Å². The Labute approximate surface area is 102 Å². The van der Waals surface area contributed by atoms with E-state index in [0.717, 1.165) is 25.7 Å². The van der Waals surface area contributed by atoms with Crippen molar-refractivity contribution in [1.29, 1.82) is 0 Å². The van der Waals surface area contributed by atoms with Crippen molar-refractivity contribution in [3.8, 4) is 0 Å². The lowest BCUT2D eigenvalue weighted by molar-refractivity contribution is 0.0695. The first-order valence-corrected chi connectivity index (χ1v) is 7.23. The van der Waals surface area contributed by atoms with Crippen molar-refractivity contribution in [3.05, 3.63) is 23.7 Å². The van der Waals surface area contributed by atoms with E-state index in [1.165, 1.54) is 18.8 Å². The zero-order valence-electron chi connectivity index (χ0n) is 9.55. The number of furan rings is 1. The van der Waals surface area contributed by atoms with Crippen LogP contribution < -0.4 is 0 Å². The molecule has 0 spiro atoms. The van der Waals surface area contributed by atoms with Gasteiger partial charge in [0, 0.05) is 16.0 Å². The van der Waals surface area contributed by atoms with Gasteiger partial charge >= 0.3 is 5.97 Å². The van der Waals surface area contributed by atoms with Crippen LogP contribution in [-0.4, -0.2) is 20.5 Å². The molecule has 5 heteroatoms. The van der Waals surface area contributed by atoms with Crippen LogP contribution in [0.2, 0.25) is 0 Å². The second-order valence-electron chi connectivity index (χ2n) is 4.35. The normalized spacial score (nSPS) is 19.1. The maximum Gasteiger partial charge on any atom is 0.339 e. The summed E-state index contributed by atoms with van der Waals surface area (Å²) in [6.45, 7) is 0. The lowest BCUT2D eigenvalue weighted by Gasteiger charge is -2.20. The lowest BCUT2D eigenvalue weighted by atomic mass is 10.0. The van der Waals surface area contributed by atoms with Gasteiger partial charge in [-0.3, -0.25) is 4.21 Å². The molecular formula is C12H16O4S. The number of carboxylic acids is 1. The third kappa shape index (κ3) is 2.97. The minimum absolute atomic E-state index is 0.133. The van der Waals surface area contributed by atoms with Crippen LogP contribution in [0.1, 0.15) is 48.2 Å². The second-order valence-corrected chi connectivity index (χ2v) is 6.06. The van der Waals surface area contributed by atoms with Crippen LogP contribution >= 0.6 is 0 Å². The van der Waals surface area contributed by atoms with Gasteiger partial charge in [0.05, 0.1) is 12.0 Å². The fraction of sp³-hybridized carbons (Fsp3) is 0.583. The van der Waals surface area contributed by atoms with E-state index in [2.05, 4.69) is 0 Å². The first-order valence-electron chi connectivity index (χ1n) is 5.85. The van der Waals surface area contributed by atoms with Crippen LogP contribution in [0.5, 0.6) is 0 Å². The van der Waals surface area contributed by atoms with E-state index < -0.39 is 16.8 Å². The van der Waals surface area contributed by atoms with Gasteiger partial charge in [-0.15, -0.1) is 0 Å². The summed E-state index contributed by atoms with van der Waals surface area (Å²) in [5, 5.41) is 9.12. The molecule has 1 atom stereocenters. The Balaban J connectivity index is 2.02. The molecule has 1 aromatic rings. The summed E-state index contributed by atoms with van der Waals surface area (Å²) >= 11 is 0. The largest absolute Gasteiger partial charge is 0.478 e. The first kappa shape index (κ1) is 12.4. The topological polar surface area (TPSA) is 67.5 Å². The molecular weight excluding hydrogens is 240 g/mol. The highest BCUT2D eigenvalue weighted by Crippen LogP contribution is 2.24. The Morgan fingerprint density at radius 3 is 2.76 bits per heavy atom. The van der Waals surface area contributed by atoms with Crippen molar-refractivity contribution >= 4 is 16.8 Å². The Kier molecular flexibility index (Phi) is 3.99. The molecule has 94 valence electrons. The fourth-order valence-electron chi connectivity index (χ4n) is 2.22. The summed E-state index contributed by atoms with van der Waals surface area (Å²) in [4.78, 5) is 10.9. The molecule has 1 saturated carbocycles. The average molecular weight is 256 g/mol. The minimum atomic E-state index is -1.02. The molecule has 1 fully saturated rings. The van der Waals surface area contributed by atoms with Crippen LogP contribution in [-0.2, 0) is 16.6 Å². The number of carboxylic acid groups (broad SMARTS) is 1. The van der Waals surface area contributed by atoms with Gasteiger partial charge in [-0.25, -0.2) is 4.79 Å². The zero-order valence-corrected chi connectivity index (χ0v) is 10.4. The Hall–Kier alpha value is -1.10. The van der Waals surface area contributed by atoms with E-state index in [0.29, 0.717) is 5.76 Å². The summed E-state index contributed by atoms with van der Waals surface area (Å²) in [6.07, 6.45) is 6.78. The molecule has 17 heavy (non-hydrogen) atoms. The van der Waals surface area contributed by atoms with E-state index in [1.807, 2.05) is 0 Å². The fourth-order valence-corrected chi connectivity index (χ4v) is 3.79. The molecule has 1 unspecified atom stereocenters. The van der Waals surface area contributed by atoms with Gasteiger partial charge in [0.25, 0.3) is 0 Å². The Bertz CT molecular complexity index is 418. The monoisotopic (exact) mass is 256 g/mol. The summed E-state index contributed by atoms with van der Waals surface area (Å²) in [6, 6.07) is 1.41. The number of hydrogen-bond donors (Lipinski definition) is 1. The number of hydrogen-bond acceptors (Lipinski definition) is 3. The van der Waals surface area contributed by atoms with Gasteiger partial charge in [-0.2, -0.15) is 0 Å². The highest BCUT2D eigenvalue weighted by molar-refractivity contribution is 7.84. The number of aromatic carboxylic acids is 1. The maximum absolute atomic E-state index is 12.1.